The average molecular weight is 368 g/mol. The summed E-state index contributed by atoms with van der Waals surface area (Å²) in [5, 5.41) is 5.15. The maximum atomic E-state index is 12.6. The smallest absolute Gasteiger partial charge is 0.344 e. The molecule has 2 aliphatic carbocycles. The number of fused-ring (bicyclic) bond motifs is 5. The molecule has 2 fully saturated rings. The van der Waals surface area contributed by atoms with Crippen LogP contribution in [0.4, 0.5) is 0 Å². The predicted octanol–water partition coefficient (Wildman–Crippen LogP) is 1.77. The highest BCUT2D eigenvalue weighted by atomic mass is 16.6. The van der Waals surface area contributed by atoms with Gasteiger partial charge in [0, 0.05) is 0 Å². The van der Waals surface area contributed by atoms with Crippen molar-refractivity contribution in [3.05, 3.63) is 42.0 Å². The van der Waals surface area contributed by atoms with Gasteiger partial charge in [-0.1, -0.05) is 12.2 Å². The third kappa shape index (κ3) is 3.13. The van der Waals surface area contributed by atoms with E-state index in [0.29, 0.717) is 12.4 Å². The Morgan fingerprint density at radius 3 is 2.37 bits per heavy atom. The molecule has 1 saturated carbocycles. The quantitative estimate of drug-likeness (QED) is 0.331. The number of allylic oxidation sites excluding steroid dienone is 2. The lowest BCUT2D eigenvalue weighted by Crippen LogP contribution is -2.28. The summed E-state index contributed by atoms with van der Waals surface area (Å²) in [5.74, 6) is -0.458. The molecule has 0 radical (unpaired) electrons. The van der Waals surface area contributed by atoms with Crippen molar-refractivity contribution in [3.63, 3.8) is 0 Å². The Kier molecular flexibility index (Phi) is 4.51. The highest BCUT2D eigenvalue weighted by Gasteiger charge is 2.59. The molecule has 0 N–H and O–H groups in total. The van der Waals surface area contributed by atoms with Crippen molar-refractivity contribution in [2.24, 2.45) is 28.8 Å². The first kappa shape index (κ1) is 17.5. The summed E-state index contributed by atoms with van der Waals surface area (Å²) >= 11 is 0. The van der Waals surface area contributed by atoms with Gasteiger partial charge in [0.25, 0.3) is 11.8 Å². The van der Waals surface area contributed by atoms with Crippen LogP contribution in [0.5, 0.6) is 5.75 Å². The molecule has 0 aromatic heterocycles. The Morgan fingerprint density at radius 1 is 1.15 bits per heavy atom. The highest BCUT2D eigenvalue weighted by molar-refractivity contribution is 6.06. The van der Waals surface area contributed by atoms with Gasteiger partial charge in [0.05, 0.1) is 24.7 Å². The summed E-state index contributed by atoms with van der Waals surface area (Å²) in [6.07, 6.45) is 6.50. The molecule has 7 nitrogen and oxygen atoms in total. The molecule has 7 heteroatoms. The number of hydrogen-bond donors (Lipinski definition) is 0. The van der Waals surface area contributed by atoms with E-state index in [1.807, 2.05) is 0 Å². The van der Waals surface area contributed by atoms with E-state index in [2.05, 4.69) is 17.3 Å². The summed E-state index contributed by atoms with van der Waals surface area (Å²) in [6.45, 7) is 1.89. The SMILES string of the molecule is CCOC(=O)COc1ccc(/C=N\N2C(=O)[C@@H]3[C@@H](C2=O)[C@H]2C=C[C@H]3C2)cc1. The van der Waals surface area contributed by atoms with Crippen LogP contribution in [-0.2, 0) is 19.1 Å². The minimum absolute atomic E-state index is 0.156. The summed E-state index contributed by atoms with van der Waals surface area (Å²) < 4.78 is 10.1. The van der Waals surface area contributed by atoms with Crippen LogP contribution < -0.4 is 4.74 Å². The van der Waals surface area contributed by atoms with E-state index in [1.54, 1.807) is 31.2 Å². The van der Waals surface area contributed by atoms with Crippen LogP contribution in [0, 0.1) is 23.7 Å². The molecular formula is C20H20N2O5. The van der Waals surface area contributed by atoms with Crippen molar-refractivity contribution in [1.82, 2.24) is 5.01 Å². The molecule has 4 atom stereocenters. The van der Waals surface area contributed by atoms with Crippen LogP contribution >= 0.6 is 0 Å². The average Bonchev–Trinajstić information content (AvgIpc) is 3.34. The van der Waals surface area contributed by atoms with Crippen molar-refractivity contribution < 1.29 is 23.9 Å². The van der Waals surface area contributed by atoms with Crippen LogP contribution in [0.2, 0.25) is 0 Å². The van der Waals surface area contributed by atoms with Gasteiger partial charge in [-0.15, -0.1) is 0 Å². The predicted molar refractivity (Wildman–Crippen MR) is 95.7 cm³/mol. The Bertz CT molecular complexity index is 799. The largest absolute Gasteiger partial charge is 0.482 e. The molecule has 1 aromatic rings. The molecule has 140 valence electrons. The van der Waals surface area contributed by atoms with Gasteiger partial charge in [0.15, 0.2) is 6.61 Å². The van der Waals surface area contributed by atoms with Gasteiger partial charge in [-0.3, -0.25) is 9.59 Å². The standard InChI is InChI=1S/C20H20N2O5/c1-2-26-16(23)11-27-15-7-3-12(4-8-15)10-21-22-19(24)17-13-5-6-14(9-13)18(17)20(22)25/h3-8,10,13-14,17-18H,2,9,11H2,1H3/b21-10-/t13-,14-,17-,18-/m0/s1. The van der Waals surface area contributed by atoms with Crippen molar-refractivity contribution in [3.8, 4) is 5.75 Å². The number of rotatable bonds is 6. The fourth-order valence-corrected chi connectivity index (χ4v) is 4.12. The zero-order chi connectivity index (χ0) is 19.0. The van der Waals surface area contributed by atoms with Gasteiger partial charge in [0.1, 0.15) is 5.75 Å². The number of nitrogens with zero attached hydrogens (tertiary/aromatic N) is 2. The number of hydrogen-bond acceptors (Lipinski definition) is 6. The fourth-order valence-electron chi connectivity index (χ4n) is 4.12. The molecule has 2 amide bonds. The van der Waals surface area contributed by atoms with Gasteiger partial charge in [0.2, 0.25) is 0 Å². The second-order valence-electron chi connectivity index (χ2n) is 6.90. The van der Waals surface area contributed by atoms with Gasteiger partial charge in [-0.25, -0.2) is 4.79 Å². The van der Waals surface area contributed by atoms with Gasteiger partial charge >= 0.3 is 5.97 Å². The minimum atomic E-state index is -0.428. The Labute approximate surface area is 156 Å². The van der Waals surface area contributed by atoms with Crippen LogP contribution in [0.25, 0.3) is 0 Å². The van der Waals surface area contributed by atoms with Crippen molar-refractivity contribution in [2.45, 2.75) is 13.3 Å². The lowest BCUT2D eigenvalue weighted by molar-refractivity contribution is -0.145. The molecule has 0 unspecified atom stereocenters. The second-order valence-corrected chi connectivity index (χ2v) is 6.90. The van der Waals surface area contributed by atoms with Gasteiger partial charge < -0.3 is 9.47 Å². The van der Waals surface area contributed by atoms with E-state index in [9.17, 15) is 14.4 Å². The van der Waals surface area contributed by atoms with Crippen LogP contribution in [0.3, 0.4) is 0 Å². The number of carbonyl (C=O) groups is 3. The van der Waals surface area contributed by atoms with E-state index in [0.717, 1.165) is 17.0 Å². The number of esters is 1. The van der Waals surface area contributed by atoms with Crippen molar-refractivity contribution in [2.75, 3.05) is 13.2 Å². The van der Waals surface area contributed by atoms with E-state index in [4.69, 9.17) is 9.47 Å². The fraction of sp³-hybridized carbons (Fsp3) is 0.400. The van der Waals surface area contributed by atoms with Crippen LogP contribution in [0.15, 0.2) is 41.5 Å². The lowest BCUT2D eigenvalue weighted by Gasteiger charge is -2.13. The maximum Gasteiger partial charge on any atom is 0.344 e. The molecule has 1 saturated heterocycles. The normalized spacial score (nSPS) is 28.3. The Morgan fingerprint density at radius 2 is 1.78 bits per heavy atom. The Hall–Kier alpha value is -2.96. The number of amides is 2. The maximum absolute atomic E-state index is 12.6. The molecule has 1 aliphatic heterocycles. The number of ether oxygens (including phenoxy) is 2. The van der Waals surface area contributed by atoms with E-state index >= 15 is 0 Å². The van der Waals surface area contributed by atoms with E-state index in [-0.39, 0.29) is 42.1 Å². The molecule has 2 bridgehead atoms. The molecular weight excluding hydrogens is 348 g/mol. The molecule has 1 heterocycles. The summed E-state index contributed by atoms with van der Waals surface area (Å²) in [4.78, 5) is 36.4. The van der Waals surface area contributed by atoms with E-state index < -0.39 is 5.97 Å². The first-order valence-corrected chi connectivity index (χ1v) is 9.07. The first-order valence-electron chi connectivity index (χ1n) is 9.07. The zero-order valence-corrected chi connectivity index (χ0v) is 14.9. The minimum Gasteiger partial charge on any atom is -0.482 e. The molecule has 1 aromatic carbocycles. The number of carbonyl (C=O) groups excluding carboxylic acids is 3. The van der Waals surface area contributed by atoms with Gasteiger partial charge in [-0.05, 0) is 55.0 Å². The van der Waals surface area contributed by atoms with Crippen LogP contribution in [0.1, 0.15) is 18.9 Å². The summed E-state index contributed by atoms with van der Waals surface area (Å²) in [5.41, 5.74) is 0.720. The van der Waals surface area contributed by atoms with Crippen molar-refractivity contribution in [1.29, 1.82) is 0 Å². The molecule has 27 heavy (non-hydrogen) atoms. The molecule has 3 aliphatic rings. The third-order valence-electron chi connectivity index (χ3n) is 5.31. The summed E-state index contributed by atoms with van der Waals surface area (Å²) in [7, 11) is 0. The zero-order valence-electron chi connectivity index (χ0n) is 14.9. The van der Waals surface area contributed by atoms with E-state index in [1.165, 1.54) is 6.21 Å². The molecule has 4 rings (SSSR count). The number of benzene rings is 1. The van der Waals surface area contributed by atoms with Crippen LogP contribution in [-0.4, -0.2) is 42.2 Å². The Balaban J connectivity index is 1.38. The molecule has 0 spiro atoms. The number of imide groups is 1. The van der Waals surface area contributed by atoms with Crippen molar-refractivity contribution >= 4 is 24.0 Å². The summed E-state index contributed by atoms with van der Waals surface area (Å²) in [6, 6.07) is 6.85. The lowest BCUT2D eigenvalue weighted by atomic mass is 9.85. The monoisotopic (exact) mass is 368 g/mol. The first-order chi connectivity index (χ1) is 13.1. The number of hydrazone groups is 1. The van der Waals surface area contributed by atoms with Gasteiger partial charge in [-0.2, -0.15) is 10.1 Å². The second kappa shape index (κ2) is 6.98. The highest BCUT2D eigenvalue weighted by Crippen LogP contribution is 2.52. The third-order valence-corrected chi connectivity index (χ3v) is 5.31. The topological polar surface area (TPSA) is 85.3 Å².